The largest absolute Gasteiger partial charge is 0.371 e. The molecule has 30 heavy (non-hydrogen) atoms. The highest BCUT2D eigenvalue weighted by Crippen LogP contribution is 2.27. The number of benzene rings is 2. The number of sulfonamides is 1. The maximum Gasteiger partial charge on any atom is 0.314 e. The molecule has 1 saturated heterocycles. The van der Waals surface area contributed by atoms with Gasteiger partial charge in [0.2, 0.25) is 10.0 Å². The summed E-state index contributed by atoms with van der Waals surface area (Å²) in [6.07, 6.45) is 3.50. The van der Waals surface area contributed by atoms with E-state index in [1.165, 1.54) is 28.9 Å². The van der Waals surface area contributed by atoms with Gasteiger partial charge in [0.1, 0.15) is 0 Å². The van der Waals surface area contributed by atoms with Crippen molar-refractivity contribution in [3.05, 3.63) is 68.7 Å². The van der Waals surface area contributed by atoms with Crippen molar-refractivity contribution in [2.24, 2.45) is 0 Å². The lowest BCUT2D eigenvalue weighted by Gasteiger charge is -2.31. The number of aromatic nitrogens is 2. The average molecular weight is 429 g/mol. The summed E-state index contributed by atoms with van der Waals surface area (Å²) in [5.41, 5.74) is 1.06. The van der Waals surface area contributed by atoms with Crippen LogP contribution in [-0.2, 0) is 16.6 Å². The van der Waals surface area contributed by atoms with Crippen molar-refractivity contribution in [2.45, 2.75) is 30.7 Å². The van der Waals surface area contributed by atoms with Gasteiger partial charge in [-0.05, 0) is 49.1 Å². The number of rotatable bonds is 5. The number of aromatic amines is 2. The zero-order valence-electron chi connectivity index (χ0n) is 16.7. The number of H-pyrrole nitrogens is 2. The van der Waals surface area contributed by atoms with Crippen molar-refractivity contribution < 1.29 is 8.42 Å². The van der Waals surface area contributed by atoms with E-state index in [1.807, 2.05) is 24.3 Å². The standard InChI is InChI=1S/C21H24N4O4S/c1-24(14-15-7-3-4-8-19(15)25-11-5-2-6-12-25)30(28,29)16-9-10-17-18(13-16)23-21(27)20(26)22-17/h3-4,7-10,13H,2,5-6,11-12,14H2,1H3,(H,22,26)(H,23,27). The van der Waals surface area contributed by atoms with Crippen LogP contribution in [-0.4, -0.2) is 42.8 Å². The van der Waals surface area contributed by atoms with E-state index < -0.39 is 21.1 Å². The van der Waals surface area contributed by atoms with Gasteiger partial charge in [-0.2, -0.15) is 4.31 Å². The predicted molar refractivity (Wildman–Crippen MR) is 116 cm³/mol. The first-order valence-electron chi connectivity index (χ1n) is 9.92. The quantitative estimate of drug-likeness (QED) is 0.605. The van der Waals surface area contributed by atoms with Crippen LogP contribution < -0.4 is 16.0 Å². The van der Waals surface area contributed by atoms with Gasteiger partial charge in [-0.1, -0.05) is 18.2 Å². The van der Waals surface area contributed by atoms with Crippen LogP contribution in [0, 0.1) is 0 Å². The van der Waals surface area contributed by atoms with Crippen LogP contribution in [0.1, 0.15) is 24.8 Å². The Hall–Kier alpha value is -2.91. The van der Waals surface area contributed by atoms with Crippen LogP contribution in [0.4, 0.5) is 5.69 Å². The fourth-order valence-corrected chi connectivity index (χ4v) is 5.02. The van der Waals surface area contributed by atoms with Crippen LogP contribution in [0.3, 0.4) is 0 Å². The molecule has 1 aliphatic rings. The number of anilines is 1. The van der Waals surface area contributed by atoms with Gasteiger partial charge >= 0.3 is 11.1 Å². The number of nitrogens with zero attached hydrogens (tertiary/aromatic N) is 2. The van der Waals surface area contributed by atoms with Crippen LogP contribution in [0.2, 0.25) is 0 Å². The van der Waals surface area contributed by atoms with Crippen molar-refractivity contribution in [2.75, 3.05) is 25.0 Å². The molecule has 158 valence electrons. The van der Waals surface area contributed by atoms with Gasteiger partial charge in [0, 0.05) is 32.4 Å². The lowest BCUT2D eigenvalue weighted by Crippen LogP contribution is -2.32. The van der Waals surface area contributed by atoms with Crippen molar-refractivity contribution in [1.29, 1.82) is 0 Å². The van der Waals surface area contributed by atoms with Gasteiger partial charge in [0.05, 0.1) is 15.9 Å². The molecule has 0 radical (unpaired) electrons. The summed E-state index contributed by atoms with van der Waals surface area (Å²) in [4.78, 5) is 30.3. The van der Waals surface area contributed by atoms with E-state index in [0.29, 0.717) is 5.52 Å². The molecule has 0 spiro atoms. The monoisotopic (exact) mass is 428 g/mol. The molecule has 0 unspecified atom stereocenters. The highest BCUT2D eigenvalue weighted by atomic mass is 32.2. The molecule has 0 bridgehead atoms. The fourth-order valence-electron chi connectivity index (χ4n) is 3.85. The molecule has 2 N–H and O–H groups in total. The Morgan fingerprint density at radius 3 is 2.33 bits per heavy atom. The molecule has 3 aromatic rings. The maximum atomic E-state index is 13.2. The second kappa shape index (κ2) is 8.08. The summed E-state index contributed by atoms with van der Waals surface area (Å²) >= 11 is 0. The number of hydrogen-bond acceptors (Lipinski definition) is 5. The van der Waals surface area contributed by atoms with Crippen molar-refractivity contribution in [3.63, 3.8) is 0 Å². The first-order valence-corrected chi connectivity index (χ1v) is 11.4. The summed E-state index contributed by atoms with van der Waals surface area (Å²) in [6, 6.07) is 12.2. The van der Waals surface area contributed by atoms with Gasteiger partial charge in [0.25, 0.3) is 0 Å². The second-order valence-electron chi connectivity index (χ2n) is 7.55. The van der Waals surface area contributed by atoms with Gasteiger partial charge in [0.15, 0.2) is 0 Å². The minimum absolute atomic E-state index is 0.0515. The summed E-state index contributed by atoms with van der Waals surface area (Å²) < 4.78 is 27.6. The summed E-state index contributed by atoms with van der Waals surface area (Å²) in [5.74, 6) is 0. The summed E-state index contributed by atoms with van der Waals surface area (Å²) in [5, 5.41) is 0. The molecule has 1 aromatic heterocycles. The molecule has 2 heterocycles. The SMILES string of the molecule is CN(Cc1ccccc1N1CCCCC1)S(=O)(=O)c1ccc2[nH]c(=O)c(=O)[nH]c2c1. The summed E-state index contributed by atoms with van der Waals surface area (Å²) in [7, 11) is -2.25. The first-order chi connectivity index (χ1) is 14.4. The lowest BCUT2D eigenvalue weighted by molar-refractivity contribution is 0.466. The highest BCUT2D eigenvalue weighted by molar-refractivity contribution is 7.89. The van der Waals surface area contributed by atoms with Crippen molar-refractivity contribution in [3.8, 4) is 0 Å². The Kier molecular flexibility index (Phi) is 5.48. The van der Waals surface area contributed by atoms with Gasteiger partial charge in [-0.3, -0.25) is 9.59 Å². The molecule has 1 fully saturated rings. The van der Waals surface area contributed by atoms with Crippen molar-refractivity contribution in [1.82, 2.24) is 14.3 Å². The minimum atomic E-state index is -3.80. The smallest absolute Gasteiger partial charge is 0.314 e. The van der Waals surface area contributed by atoms with E-state index in [4.69, 9.17) is 0 Å². The zero-order chi connectivity index (χ0) is 21.3. The van der Waals surface area contributed by atoms with Gasteiger partial charge in [-0.25, -0.2) is 8.42 Å². The van der Waals surface area contributed by atoms with Crippen LogP contribution in [0.15, 0.2) is 56.9 Å². The minimum Gasteiger partial charge on any atom is -0.371 e. The third kappa shape index (κ3) is 3.90. The number of para-hydroxylation sites is 1. The van der Waals surface area contributed by atoms with Gasteiger partial charge < -0.3 is 14.9 Å². The topological polar surface area (TPSA) is 106 Å². The maximum absolute atomic E-state index is 13.2. The predicted octanol–water partition coefficient (Wildman–Crippen LogP) is 2.03. The molecule has 0 amide bonds. The molecular formula is C21H24N4O4S. The number of fused-ring (bicyclic) bond motifs is 1. The van der Waals surface area contributed by atoms with E-state index in [2.05, 4.69) is 14.9 Å². The molecule has 4 rings (SSSR count). The van der Waals surface area contributed by atoms with E-state index in [9.17, 15) is 18.0 Å². The number of piperidine rings is 1. The Bertz CT molecular complexity index is 1290. The fraction of sp³-hybridized carbons (Fsp3) is 0.333. The zero-order valence-corrected chi connectivity index (χ0v) is 17.5. The van der Waals surface area contributed by atoms with E-state index >= 15 is 0 Å². The van der Waals surface area contributed by atoms with E-state index in [-0.39, 0.29) is 17.0 Å². The molecule has 0 atom stereocenters. The van der Waals surface area contributed by atoms with Gasteiger partial charge in [-0.15, -0.1) is 0 Å². The first kappa shape index (κ1) is 20.4. The molecular weight excluding hydrogens is 404 g/mol. The van der Waals surface area contributed by atoms with E-state index in [1.54, 1.807) is 7.05 Å². The van der Waals surface area contributed by atoms with E-state index in [0.717, 1.165) is 37.2 Å². The average Bonchev–Trinajstić information content (AvgIpc) is 2.75. The Labute approximate surface area is 174 Å². The van der Waals surface area contributed by atoms with Crippen LogP contribution >= 0.6 is 0 Å². The molecule has 0 saturated carbocycles. The summed E-state index contributed by atoms with van der Waals surface area (Å²) in [6.45, 7) is 2.18. The van der Waals surface area contributed by atoms with Crippen molar-refractivity contribution >= 4 is 26.7 Å². The Morgan fingerprint density at radius 2 is 1.60 bits per heavy atom. The third-order valence-electron chi connectivity index (χ3n) is 5.48. The molecule has 2 aromatic carbocycles. The Balaban J connectivity index is 1.64. The Morgan fingerprint density at radius 1 is 0.933 bits per heavy atom. The lowest BCUT2D eigenvalue weighted by atomic mass is 10.1. The highest BCUT2D eigenvalue weighted by Gasteiger charge is 2.23. The third-order valence-corrected chi connectivity index (χ3v) is 7.28. The molecule has 9 heteroatoms. The van der Waals surface area contributed by atoms with Crippen LogP contribution in [0.25, 0.3) is 11.0 Å². The second-order valence-corrected chi connectivity index (χ2v) is 9.60. The molecule has 0 aliphatic carbocycles. The number of nitrogens with one attached hydrogen (secondary N) is 2. The van der Waals surface area contributed by atoms with Crippen LogP contribution in [0.5, 0.6) is 0 Å². The number of hydrogen-bond donors (Lipinski definition) is 2. The normalized spacial score (nSPS) is 15.1. The molecule has 8 nitrogen and oxygen atoms in total. The molecule has 1 aliphatic heterocycles.